The molecule has 104 valence electrons. The van der Waals surface area contributed by atoms with Crippen LogP contribution in [0.3, 0.4) is 0 Å². The molecule has 0 aromatic heterocycles. The molecule has 0 saturated carbocycles. The van der Waals surface area contributed by atoms with Crippen LogP contribution in [0.1, 0.15) is 12.0 Å². The lowest BCUT2D eigenvalue weighted by atomic mass is 10.2. The summed E-state index contributed by atoms with van der Waals surface area (Å²) in [6.07, 6.45) is 2.55. The van der Waals surface area contributed by atoms with Crippen LogP contribution in [0.25, 0.3) is 0 Å². The fourth-order valence-corrected chi connectivity index (χ4v) is 2.06. The monoisotopic (exact) mass is 340 g/mol. The van der Waals surface area contributed by atoms with E-state index in [-0.39, 0.29) is 12.4 Å². The summed E-state index contributed by atoms with van der Waals surface area (Å²) in [6, 6.07) is 3.32. The predicted molar refractivity (Wildman–Crippen MR) is 84.4 cm³/mol. The summed E-state index contributed by atoms with van der Waals surface area (Å²) in [7, 11) is 0. The van der Waals surface area contributed by atoms with Gasteiger partial charge in [-0.15, -0.1) is 12.4 Å². The van der Waals surface area contributed by atoms with Crippen molar-refractivity contribution in [2.75, 3.05) is 13.1 Å². The minimum absolute atomic E-state index is 0. The van der Waals surface area contributed by atoms with Gasteiger partial charge in [0.25, 0.3) is 0 Å². The summed E-state index contributed by atoms with van der Waals surface area (Å²) in [5, 5.41) is 8.43. The molecule has 0 radical (unpaired) electrons. The van der Waals surface area contributed by atoms with E-state index in [0.29, 0.717) is 26.6 Å². The summed E-state index contributed by atoms with van der Waals surface area (Å²) < 4.78 is 0. The standard InChI is InChI=1S/C11H11Cl3N4.ClH/c12-8-2-3-9(13)10(14)7(8)6-17-18-11-15-4-1-5-16-11;/h2-3,6H,1,4-5H2,(H2,15,16,18);1H/b17-6+;. The maximum atomic E-state index is 6.04. The fraction of sp³-hybridized carbons (Fsp3) is 0.273. The molecule has 1 aromatic carbocycles. The summed E-state index contributed by atoms with van der Waals surface area (Å²) in [6.45, 7) is 1.68. The van der Waals surface area contributed by atoms with Gasteiger partial charge in [0.05, 0.1) is 21.3 Å². The van der Waals surface area contributed by atoms with Gasteiger partial charge in [-0.25, -0.2) is 5.43 Å². The Hall–Kier alpha value is -0.680. The first-order valence-corrected chi connectivity index (χ1v) is 6.53. The van der Waals surface area contributed by atoms with Crippen molar-refractivity contribution in [1.29, 1.82) is 0 Å². The topological polar surface area (TPSA) is 48.8 Å². The van der Waals surface area contributed by atoms with E-state index in [1.165, 1.54) is 6.21 Å². The number of nitrogens with one attached hydrogen (secondary N) is 2. The molecule has 0 saturated heterocycles. The van der Waals surface area contributed by atoms with Crippen molar-refractivity contribution >= 4 is 59.4 Å². The molecule has 19 heavy (non-hydrogen) atoms. The van der Waals surface area contributed by atoms with E-state index < -0.39 is 0 Å². The van der Waals surface area contributed by atoms with Crippen molar-refractivity contribution in [1.82, 2.24) is 10.7 Å². The molecule has 8 heteroatoms. The molecule has 0 amide bonds. The quantitative estimate of drug-likeness (QED) is 0.492. The molecule has 0 fully saturated rings. The molecule has 1 heterocycles. The first kappa shape index (κ1) is 16.4. The minimum Gasteiger partial charge on any atom is -0.355 e. The lowest BCUT2D eigenvalue weighted by Crippen LogP contribution is -2.38. The van der Waals surface area contributed by atoms with Gasteiger partial charge in [-0.3, -0.25) is 4.99 Å². The Bertz CT molecular complexity index is 502. The molecule has 0 bridgehead atoms. The van der Waals surface area contributed by atoms with Crippen molar-refractivity contribution in [2.24, 2.45) is 10.1 Å². The number of nitrogens with zero attached hydrogens (tertiary/aromatic N) is 2. The van der Waals surface area contributed by atoms with E-state index in [9.17, 15) is 0 Å². The van der Waals surface area contributed by atoms with Crippen LogP contribution in [-0.2, 0) is 0 Å². The van der Waals surface area contributed by atoms with Crippen LogP contribution < -0.4 is 10.7 Å². The second-order valence-corrected chi connectivity index (χ2v) is 4.83. The molecule has 0 aliphatic carbocycles. The van der Waals surface area contributed by atoms with E-state index in [0.717, 1.165) is 19.5 Å². The van der Waals surface area contributed by atoms with E-state index in [2.05, 4.69) is 20.8 Å². The maximum absolute atomic E-state index is 6.04. The third kappa shape index (κ3) is 4.42. The largest absolute Gasteiger partial charge is 0.355 e. The molecule has 0 atom stereocenters. The smallest absolute Gasteiger partial charge is 0.212 e. The third-order valence-electron chi connectivity index (χ3n) is 2.34. The Morgan fingerprint density at radius 1 is 1.26 bits per heavy atom. The zero-order valence-corrected chi connectivity index (χ0v) is 12.9. The first-order chi connectivity index (χ1) is 8.68. The molecular weight excluding hydrogens is 330 g/mol. The number of hydrogen-bond acceptors (Lipinski definition) is 4. The molecule has 0 unspecified atom stereocenters. The average Bonchev–Trinajstić information content (AvgIpc) is 2.39. The SMILES string of the molecule is Cl.Clc1ccc(Cl)c(/C=N/NC2=NCCCN2)c1Cl. The Morgan fingerprint density at radius 2 is 2.00 bits per heavy atom. The van der Waals surface area contributed by atoms with Crippen molar-refractivity contribution in [2.45, 2.75) is 6.42 Å². The average molecular weight is 342 g/mol. The van der Waals surface area contributed by atoms with Gasteiger partial charge < -0.3 is 5.32 Å². The molecule has 1 aliphatic rings. The second-order valence-electron chi connectivity index (χ2n) is 3.64. The van der Waals surface area contributed by atoms with Crippen LogP contribution >= 0.6 is 47.2 Å². The summed E-state index contributed by atoms with van der Waals surface area (Å²) in [4.78, 5) is 4.21. The van der Waals surface area contributed by atoms with Crippen LogP contribution in [0.5, 0.6) is 0 Å². The molecular formula is C11H12Cl4N4. The number of hydrogen-bond donors (Lipinski definition) is 2. The second kappa shape index (κ2) is 7.80. The zero-order chi connectivity index (χ0) is 13.0. The molecule has 1 aromatic rings. The highest BCUT2D eigenvalue weighted by molar-refractivity contribution is 6.45. The molecule has 1 aliphatic heterocycles. The van der Waals surface area contributed by atoms with Crippen molar-refractivity contribution in [3.63, 3.8) is 0 Å². The number of benzene rings is 1. The Labute approximate surface area is 132 Å². The first-order valence-electron chi connectivity index (χ1n) is 5.39. The van der Waals surface area contributed by atoms with Gasteiger partial charge in [0.2, 0.25) is 5.96 Å². The van der Waals surface area contributed by atoms with E-state index in [1.807, 2.05) is 0 Å². The third-order valence-corrected chi connectivity index (χ3v) is 3.49. The number of hydrazone groups is 1. The Kier molecular flexibility index (Phi) is 6.72. The number of halogens is 4. The minimum atomic E-state index is 0. The fourth-order valence-electron chi connectivity index (χ4n) is 1.43. The summed E-state index contributed by atoms with van der Waals surface area (Å²) >= 11 is 18.0. The van der Waals surface area contributed by atoms with Crippen LogP contribution in [0.15, 0.2) is 22.2 Å². The van der Waals surface area contributed by atoms with E-state index >= 15 is 0 Å². The highest BCUT2D eigenvalue weighted by Crippen LogP contribution is 2.29. The number of guanidine groups is 1. The van der Waals surface area contributed by atoms with Gasteiger partial charge in [0.15, 0.2) is 0 Å². The normalized spacial score (nSPS) is 14.6. The number of rotatable bonds is 2. The summed E-state index contributed by atoms with van der Waals surface area (Å²) in [5.41, 5.74) is 3.37. The number of aliphatic imine (C=N–C) groups is 1. The summed E-state index contributed by atoms with van der Waals surface area (Å²) in [5.74, 6) is 0.645. The van der Waals surface area contributed by atoms with Crippen molar-refractivity contribution in [3.8, 4) is 0 Å². The van der Waals surface area contributed by atoms with Crippen LogP contribution in [0.4, 0.5) is 0 Å². The van der Waals surface area contributed by atoms with Gasteiger partial charge in [-0.1, -0.05) is 34.8 Å². The van der Waals surface area contributed by atoms with Gasteiger partial charge >= 0.3 is 0 Å². The van der Waals surface area contributed by atoms with Gasteiger partial charge in [-0.05, 0) is 18.6 Å². The highest BCUT2D eigenvalue weighted by Gasteiger charge is 2.07. The van der Waals surface area contributed by atoms with Crippen LogP contribution in [-0.4, -0.2) is 25.3 Å². The van der Waals surface area contributed by atoms with Crippen molar-refractivity contribution in [3.05, 3.63) is 32.8 Å². The van der Waals surface area contributed by atoms with Crippen molar-refractivity contribution < 1.29 is 0 Å². The Balaban J connectivity index is 0.00000180. The van der Waals surface area contributed by atoms with Crippen LogP contribution in [0, 0.1) is 0 Å². The van der Waals surface area contributed by atoms with E-state index in [1.54, 1.807) is 12.1 Å². The molecule has 0 spiro atoms. The van der Waals surface area contributed by atoms with Gasteiger partial charge in [0.1, 0.15) is 0 Å². The predicted octanol–water partition coefficient (Wildman–Crippen LogP) is 3.34. The molecule has 4 nitrogen and oxygen atoms in total. The van der Waals surface area contributed by atoms with Gasteiger partial charge in [0, 0.05) is 18.7 Å². The lowest BCUT2D eigenvalue weighted by Gasteiger charge is -2.12. The van der Waals surface area contributed by atoms with Crippen LogP contribution in [0.2, 0.25) is 15.1 Å². The molecule has 2 N–H and O–H groups in total. The molecule has 2 rings (SSSR count). The van der Waals surface area contributed by atoms with E-state index in [4.69, 9.17) is 34.8 Å². The maximum Gasteiger partial charge on any atom is 0.212 e. The van der Waals surface area contributed by atoms with Gasteiger partial charge in [-0.2, -0.15) is 5.10 Å². The zero-order valence-electron chi connectivity index (χ0n) is 9.79. The highest BCUT2D eigenvalue weighted by atomic mass is 35.5. The Morgan fingerprint density at radius 3 is 2.68 bits per heavy atom. The lowest BCUT2D eigenvalue weighted by molar-refractivity contribution is 0.712.